The molecule has 0 aliphatic heterocycles. The van der Waals surface area contributed by atoms with E-state index in [1.54, 1.807) is 0 Å². The van der Waals surface area contributed by atoms with E-state index in [4.69, 9.17) is 5.73 Å². The van der Waals surface area contributed by atoms with Crippen LogP contribution in [0.25, 0.3) is 0 Å². The van der Waals surface area contributed by atoms with E-state index in [0.29, 0.717) is 4.47 Å². The van der Waals surface area contributed by atoms with Crippen molar-refractivity contribution in [3.63, 3.8) is 0 Å². The Morgan fingerprint density at radius 2 is 2.05 bits per heavy atom. The molecule has 0 aliphatic rings. The molecule has 0 heterocycles. The molecular formula is C12H16BrClN2O5. The van der Waals surface area contributed by atoms with Gasteiger partial charge in [-0.25, -0.2) is 0 Å². The van der Waals surface area contributed by atoms with Gasteiger partial charge in [-0.05, 0) is 19.9 Å². The number of phenols is 1. The molecule has 1 aromatic rings. The number of hydrogen-bond acceptors (Lipinski definition) is 6. The Morgan fingerprint density at radius 1 is 1.52 bits per heavy atom. The van der Waals surface area contributed by atoms with Crippen LogP contribution in [0.4, 0.5) is 5.69 Å². The summed E-state index contributed by atoms with van der Waals surface area (Å²) in [5.74, 6) is -1.13. The maximum absolute atomic E-state index is 11.7. The van der Waals surface area contributed by atoms with Crippen LogP contribution in [0.15, 0.2) is 16.6 Å². The van der Waals surface area contributed by atoms with Crippen molar-refractivity contribution in [1.29, 1.82) is 0 Å². The third-order valence-corrected chi connectivity index (χ3v) is 3.56. The van der Waals surface area contributed by atoms with Gasteiger partial charge in [0.25, 0.3) is 0 Å². The zero-order valence-corrected chi connectivity index (χ0v) is 14.0. The van der Waals surface area contributed by atoms with Gasteiger partial charge in [-0.1, -0.05) is 15.9 Å². The maximum Gasteiger partial charge on any atom is 0.313 e. The molecule has 21 heavy (non-hydrogen) atoms. The Bertz CT molecular complexity index is 565. The van der Waals surface area contributed by atoms with Gasteiger partial charge in [-0.3, -0.25) is 14.9 Å². The largest absolute Gasteiger partial charge is 0.502 e. The number of benzene rings is 1. The van der Waals surface area contributed by atoms with E-state index in [1.807, 2.05) is 0 Å². The predicted molar refractivity (Wildman–Crippen MR) is 82.4 cm³/mol. The van der Waals surface area contributed by atoms with Crippen molar-refractivity contribution in [3.8, 4) is 5.75 Å². The third kappa shape index (κ3) is 3.84. The van der Waals surface area contributed by atoms with Gasteiger partial charge in [-0.2, -0.15) is 0 Å². The molecule has 0 saturated carbocycles. The van der Waals surface area contributed by atoms with Gasteiger partial charge in [0.05, 0.1) is 17.4 Å². The Labute approximate surface area is 136 Å². The van der Waals surface area contributed by atoms with Crippen molar-refractivity contribution in [3.05, 3.63) is 32.3 Å². The lowest BCUT2D eigenvalue weighted by Crippen LogP contribution is -2.37. The van der Waals surface area contributed by atoms with Gasteiger partial charge >= 0.3 is 11.7 Å². The molecule has 0 radical (unpaired) electrons. The van der Waals surface area contributed by atoms with Crippen molar-refractivity contribution < 1.29 is 19.6 Å². The Morgan fingerprint density at radius 3 is 2.48 bits per heavy atom. The van der Waals surface area contributed by atoms with E-state index in [1.165, 1.54) is 27.0 Å². The molecule has 0 saturated heterocycles. The van der Waals surface area contributed by atoms with Crippen LogP contribution in [0.5, 0.6) is 5.75 Å². The molecular weight excluding hydrogens is 367 g/mol. The van der Waals surface area contributed by atoms with Crippen LogP contribution in [0.3, 0.4) is 0 Å². The minimum Gasteiger partial charge on any atom is -0.502 e. The number of nitro benzene ring substituents is 1. The first-order chi connectivity index (χ1) is 9.12. The molecule has 118 valence electrons. The third-order valence-electron chi connectivity index (χ3n) is 3.10. The van der Waals surface area contributed by atoms with Gasteiger partial charge in [0.2, 0.25) is 0 Å². The van der Waals surface area contributed by atoms with Crippen molar-refractivity contribution in [2.75, 3.05) is 7.11 Å². The highest BCUT2D eigenvalue weighted by atomic mass is 79.9. The van der Waals surface area contributed by atoms with Crippen LogP contribution in [-0.4, -0.2) is 23.1 Å². The fourth-order valence-corrected chi connectivity index (χ4v) is 2.22. The molecule has 0 spiro atoms. The van der Waals surface area contributed by atoms with Crippen LogP contribution in [0.2, 0.25) is 0 Å². The van der Waals surface area contributed by atoms with Crippen LogP contribution in [-0.2, 0) is 9.53 Å². The van der Waals surface area contributed by atoms with Crippen molar-refractivity contribution in [2.24, 2.45) is 11.1 Å². The summed E-state index contributed by atoms with van der Waals surface area (Å²) in [5.41, 5.74) is 4.45. The number of nitrogens with zero attached hydrogens (tertiary/aromatic N) is 1. The number of carbonyl (C=O) groups is 1. The van der Waals surface area contributed by atoms with E-state index in [0.717, 1.165) is 6.07 Å². The zero-order valence-electron chi connectivity index (χ0n) is 11.6. The second-order valence-corrected chi connectivity index (χ2v) is 5.73. The van der Waals surface area contributed by atoms with Gasteiger partial charge in [0.1, 0.15) is 0 Å². The number of halogens is 2. The summed E-state index contributed by atoms with van der Waals surface area (Å²) in [5, 5.41) is 20.9. The first-order valence-electron chi connectivity index (χ1n) is 5.63. The molecule has 1 aromatic carbocycles. The van der Waals surface area contributed by atoms with Crippen molar-refractivity contribution in [1.82, 2.24) is 0 Å². The van der Waals surface area contributed by atoms with Crippen molar-refractivity contribution in [2.45, 2.75) is 19.9 Å². The number of hydrogen-bond donors (Lipinski definition) is 2. The molecule has 0 unspecified atom stereocenters. The van der Waals surface area contributed by atoms with E-state index >= 15 is 0 Å². The number of phenolic OH excluding ortho intramolecular Hbond substituents is 1. The normalized spacial score (nSPS) is 12.2. The van der Waals surface area contributed by atoms with Gasteiger partial charge in [0, 0.05) is 22.1 Å². The average Bonchev–Trinajstić information content (AvgIpc) is 2.38. The molecule has 7 nitrogen and oxygen atoms in total. The first kappa shape index (κ1) is 19.6. The highest BCUT2D eigenvalue weighted by Crippen LogP contribution is 2.42. The standard InChI is InChI=1S/C12H15BrN2O5.ClH/c1-12(2,11(17)20-3)10(14)7-4-6(13)5-8(9(7)16)15(18)19;/h4-5,10,16H,14H2,1-3H3;1H/t10-;/m0./s1. The first-order valence-corrected chi connectivity index (χ1v) is 6.43. The number of carbonyl (C=O) groups excluding carboxylic acids is 1. The highest BCUT2D eigenvalue weighted by molar-refractivity contribution is 9.10. The summed E-state index contributed by atoms with van der Waals surface area (Å²) in [7, 11) is 1.22. The van der Waals surface area contributed by atoms with E-state index in [9.17, 15) is 20.0 Å². The zero-order chi connectivity index (χ0) is 15.7. The van der Waals surface area contributed by atoms with Gasteiger partial charge < -0.3 is 15.6 Å². The second-order valence-electron chi connectivity index (χ2n) is 4.81. The SMILES string of the molecule is COC(=O)C(C)(C)[C@@H](N)c1cc(Br)cc([N+](=O)[O-])c1O.Cl. The van der Waals surface area contributed by atoms with Gasteiger partial charge in [0.15, 0.2) is 5.75 Å². The number of nitrogens with two attached hydrogens (primary N) is 1. The number of nitro groups is 1. The lowest BCUT2D eigenvalue weighted by molar-refractivity contribution is -0.386. The highest BCUT2D eigenvalue weighted by Gasteiger charge is 2.39. The number of aromatic hydroxyl groups is 1. The van der Waals surface area contributed by atoms with E-state index in [-0.39, 0.29) is 18.0 Å². The topological polar surface area (TPSA) is 116 Å². The van der Waals surface area contributed by atoms with Crippen LogP contribution < -0.4 is 5.73 Å². The molecule has 3 N–H and O–H groups in total. The van der Waals surface area contributed by atoms with Crippen LogP contribution in [0, 0.1) is 15.5 Å². The minimum absolute atomic E-state index is 0. The molecule has 0 fully saturated rings. The van der Waals surface area contributed by atoms with Crippen molar-refractivity contribution >= 4 is 40.0 Å². The second kappa shape index (κ2) is 7.06. The fraction of sp³-hybridized carbons (Fsp3) is 0.417. The molecule has 1 atom stereocenters. The molecule has 0 aliphatic carbocycles. The molecule has 0 aromatic heterocycles. The lowest BCUT2D eigenvalue weighted by atomic mass is 9.80. The smallest absolute Gasteiger partial charge is 0.313 e. The summed E-state index contributed by atoms with van der Waals surface area (Å²) in [6.45, 7) is 3.07. The average molecular weight is 384 g/mol. The van der Waals surface area contributed by atoms with E-state index in [2.05, 4.69) is 20.7 Å². The Balaban J connectivity index is 0.00000400. The summed E-state index contributed by atoms with van der Waals surface area (Å²) in [6, 6.07) is 1.64. The summed E-state index contributed by atoms with van der Waals surface area (Å²) in [4.78, 5) is 21.9. The minimum atomic E-state index is -1.15. The maximum atomic E-state index is 11.7. The molecule has 0 bridgehead atoms. The Hall–Kier alpha value is -1.38. The molecule has 9 heteroatoms. The monoisotopic (exact) mass is 382 g/mol. The number of rotatable bonds is 4. The summed E-state index contributed by atoms with van der Waals surface area (Å²) in [6.07, 6.45) is 0. The van der Waals surface area contributed by atoms with E-state index < -0.39 is 33.8 Å². The summed E-state index contributed by atoms with van der Waals surface area (Å²) < 4.78 is 5.04. The predicted octanol–water partition coefficient (Wildman–Crippen LogP) is 2.68. The number of ether oxygens (including phenoxy) is 1. The quantitative estimate of drug-likeness (QED) is 0.469. The van der Waals surface area contributed by atoms with Gasteiger partial charge in [-0.15, -0.1) is 12.4 Å². The Kier molecular flexibility index (Phi) is 6.59. The summed E-state index contributed by atoms with van der Waals surface area (Å²) >= 11 is 3.12. The molecule has 1 rings (SSSR count). The fourth-order valence-electron chi connectivity index (χ4n) is 1.76. The lowest BCUT2D eigenvalue weighted by Gasteiger charge is -2.29. The van der Waals surface area contributed by atoms with Crippen LogP contribution >= 0.6 is 28.3 Å². The number of methoxy groups -OCH3 is 1. The van der Waals surface area contributed by atoms with Crippen LogP contribution in [0.1, 0.15) is 25.5 Å². The number of esters is 1. The molecule has 0 amide bonds.